The molecule has 3 heteroatoms. The molecule has 1 atom stereocenters. The number of thioether (sulfide) groups is 1. The van der Waals surface area contributed by atoms with Crippen LogP contribution in [0.5, 0.6) is 5.75 Å². The van der Waals surface area contributed by atoms with Gasteiger partial charge in [-0.1, -0.05) is 32.0 Å². The van der Waals surface area contributed by atoms with Crippen LogP contribution in [0.25, 0.3) is 0 Å². The van der Waals surface area contributed by atoms with Crippen LogP contribution >= 0.6 is 11.8 Å². The number of hydrogen-bond acceptors (Lipinski definition) is 3. The summed E-state index contributed by atoms with van der Waals surface area (Å²) in [4.78, 5) is 0. The minimum Gasteiger partial charge on any atom is -0.508 e. The molecular weight excluding hydrogens is 196 g/mol. The van der Waals surface area contributed by atoms with Crippen molar-refractivity contribution in [2.75, 3.05) is 6.61 Å². The highest BCUT2D eigenvalue weighted by Gasteiger charge is 2.15. The lowest BCUT2D eigenvalue weighted by atomic mass is 10.1. The average Bonchev–Trinajstić information content (AvgIpc) is 2.15. The maximum absolute atomic E-state index is 9.60. The molecule has 0 spiro atoms. The minimum absolute atomic E-state index is 0.0313. The molecule has 2 N–H and O–H groups in total. The fourth-order valence-corrected chi connectivity index (χ4v) is 2.39. The van der Waals surface area contributed by atoms with Crippen molar-refractivity contribution in [2.45, 2.75) is 24.3 Å². The second-order valence-corrected chi connectivity index (χ2v) is 5.20. The Morgan fingerprint density at radius 3 is 2.43 bits per heavy atom. The highest BCUT2D eigenvalue weighted by Crippen LogP contribution is 2.35. The number of phenols is 1. The quantitative estimate of drug-likeness (QED) is 0.806. The van der Waals surface area contributed by atoms with E-state index in [2.05, 4.69) is 13.8 Å². The third-order valence-electron chi connectivity index (χ3n) is 1.89. The van der Waals surface area contributed by atoms with Gasteiger partial charge in [-0.25, -0.2) is 0 Å². The number of aliphatic hydroxyl groups is 1. The van der Waals surface area contributed by atoms with Crippen LogP contribution in [-0.4, -0.2) is 22.1 Å². The lowest BCUT2D eigenvalue weighted by Gasteiger charge is -2.17. The van der Waals surface area contributed by atoms with Gasteiger partial charge in [0.1, 0.15) is 5.75 Å². The first-order valence-electron chi connectivity index (χ1n) is 4.69. The Balaban J connectivity index is 2.83. The number of para-hydroxylation sites is 1. The van der Waals surface area contributed by atoms with Crippen molar-refractivity contribution in [1.29, 1.82) is 0 Å². The molecule has 0 aromatic heterocycles. The van der Waals surface area contributed by atoms with Gasteiger partial charge in [0.05, 0.1) is 11.9 Å². The maximum Gasteiger partial charge on any atom is 0.119 e. The summed E-state index contributed by atoms with van der Waals surface area (Å²) in [5, 5.41) is 19.2. The molecule has 0 aliphatic heterocycles. The fraction of sp³-hybridized carbons (Fsp3) is 0.455. The molecule has 0 aliphatic rings. The summed E-state index contributed by atoms with van der Waals surface area (Å²) in [6, 6.07) is 7.16. The standard InChI is InChI=1S/C11H16O2S/c1-8(2)14-11(7-12)9-5-3-4-6-10(9)13/h3-6,8,11-13H,7H2,1-2H3. The molecule has 0 saturated heterocycles. The van der Waals surface area contributed by atoms with Gasteiger partial charge < -0.3 is 10.2 Å². The smallest absolute Gasteiger partial charge is 0.119 e. The third-order valence-corrected chi connectivity index (χ3v) is 3.16. The van der Waals surface area contributed by atoms with Crippen molar-refractivity contribution in [2.24, 2.45) is 0 Å². The molecule has 0 heterocycles. The lowest BCUT2D eigenvalue weighted by Crippen LogP contribution is -2.03. The zero-order valence-corrected chi connectivity index (χ0v) is 9.29. The number of rotatable bonds is 4. The highest BCUT2D eigenvalue weighted by atomic mass is 32.2. The summed E-state index contributed by atoms with van der Waals surface area (Å²) >= 11 is 1.66. The zero-order chi connectivity index (χ0) is 10.6. The third kappa shape index (κ3) is 2.93. The van der Waals surface area contributed by atoms with Gasteiger partial charge in [-0.2, -0.15) is 0 Å². The zero-order valence-electron chi connectivity index (χ0n) is 8.47. The Labute approximate surface area is 89.0 Å². The van der Waals surface area contributed by atoms with E-state index in [1.54, 1.807) is 23.9 Å². The van der Waals surface area contributed by atoms with Gasteiger partial charge in [-0.3, -0.25) is 0 Å². The van der Waals surface area contributed by atoms with Crippen LogP contribution in [0.3, 0.4) is 0 Å². The molecule has 0 aliphatic carbocycles. The average molecular weight is 212 g/mol. The molecule has 0 fully saturated rings. The van der Waals surface area contributed by atoms with Crippen LogP contribution in [0, 0.1) is 0 Å². The summed E-state index contributed by atoms with van der Waals surface area (Å²) in [7, 11) is 0. The first kappa shape index (κ1) is 11.4. The van der Waals surface area contributed by atoms with E-state index in [-0.39, 0.29) is 17.6 Å². The largest absolute Gasteiger partial charge is 0.508 e. The van der Waals surface area contributed by atoms with E-state index in [4.69, 9.17) is 0 Å². The van der Waals surface area contributed by atoms with E-state index in [9.17, 15) is 10.2 Å². The molecule has 1 aromatic rings. The predicted molar refractivity (Wildman–Crippen MR) is 60.7 cm³/mol. The first-order valence-corrected chi connectivity index (χ1v) is 5.63. The molecule has 1 unspecified atom stereocenters. The molecule has 0 saturated carbocycles. The predicted octanol–water partition coefficient (Wildman–Crippen LogP) is 2.57. The topological polar surface area (TPSA) is 40.5 Å². The summed E-state index contributed by atoms with van der Waals surface area (Å²) in [5.41, 5.74) is 0.814. The molecule has 0 amide bonds. The summed E-state index contributed by atoms with van der Waals surface area (Å²) < 4.78 is 0. The Kier molecular flexibility index (Phi) is 4.29. The van der Waals surface area contributed by atoms with Crippen molar-refractivity contribution in [1.82, 2.24) is 0 Å². The molecule has 78 valence electrons. The van der Waals surface area contributed by atoms with E-state index < -0.39 is 0 Å². The van der Waals surface area contributed by atoms with Gasteiger partial charge in [0.2, 0.25) is 0 Å². The second kappa shape index (κ2) is 5.27. The van der Waals surface area contributed by atoms with Crippen LogP contribution in [0.2, 0.25) is 0 Å². The van der Waals surface area contributed by atoms with Gasteiger partial charge in [-0.15, -0.1) is 11.8 Å². The van der Waals surface area contributed by atoms with Crippen LogP contribution in [-0.2, 0) is 0 Å². The van der Waals surface area contributed by atoms with Crippen LogP contribution < -0.4 is 0 Å². The lowest BCUT2D eigenvalue weighted by molar-refractivity contribution is 0.294. The van der Waals surface area contributed by atoms with E-state index in [1.807, 2.05) is 12.1 Å². The highest BCUT2D eigenvalue weighted by molar-refractivity contribution is 8.00. The summed E-state index contributed by atoms with van der Waals surface area (Å²) in [6.07, 6.45) is 0. The molecule has 14 heavy (non-hydrogen) atoms. The van der Waals surface area contributed by atoms with Gasteiger partial charge in [-0.05, 0) is 11.3 Å². The summed E-state index contributed by atoms with van der Waals surface area (Å²) in [5.74, 6) is 0.264. The SMILES string of the molecule is CC(C)SC(CO)c1ccccc1O. The number of phenolic OH excluding ortho intramolecular Hbond substituents is 1. The number of hydrogen-bond donors (Lipinski definition) is 2. The van der Waals surface area contributed by atoms with Crippen molar-refractivity contribution < 1.29 is 10.2 Å². The maximum atomic E-state index is 9.60. The minimum atomic E-state index is -0.0313. The van der Waals surface area contributed by atoms with Crippen molar-refractivity contribution >= 4 is 11.8 Å². The van der Waals surface area contributed by atoms with Crippen molar-refractivity contribution in [3.63, 3.8) is 0 Å². The van der Waals surface area contributed by atoms with Gasteiger partial charge in [0.15, 0.2) is 0 Å². The van der Waals surface area contributed by atoms with Crippen LogP contribution in [0.1, 0.15) is 24.7 Å². The fourth-order valence-electron chi connectivity index (χ4n) is 1.30. The normalized spacial score (nSPS) is 13.1. The Morgan fingerprint density at radius 2 is 1.93 bits per heavy atom. The number of benzene rings is 1. The van der Waals surface area contributed by atoms with Crippen LogP contribution in [0.15, 0.2) is 24.3 Å². The summed E-state index contributed by atoms with van der Waals surface area (Å²) in [6.45, 7) is 4.21. The van der Waals surface area contributed by atoms with Crippen LogP contribution in [0.4, 0.5) is 0 Å². The van der Waals surface area contributed by atoms with E-state index in [1.165, 1.54) is 0 Å². The van der Waals surface area contributed by atoms with E-state index in [0.717, 1.165) is 5.56 Å². The van der Waals surface area contributed by atoms with Crippen molar-refractivity contribution in [3.8, 4) is 5.75 Å². The molecule has 2 nitrogen and oxygen atoms in total. The Morgan fingerprint density at radius 1 is 1.29 bits per heavy atom. The van der Waals surface area contributed by atoms with E-state index >= 15 is 0 Å². The molecular formula is C11H16O2S. The Hall–Kier alpha value is -0.670. The number of aliphatic hydroxyl groups excluding tert-OH is 1. The molecule has 1 rings (SSSR count). The van der Waals surface area contributed by atoms with E-state index in [0.29, 0.717) is 5.25 Å². The Bertz CT molecular complexity index is 286. The van der Waals surface area contributed by atoms with Crippen molar-refractivity contribution in [3.05, 3.63) is 29.8 Å². The molecule has 1 aromatic carbocycles. The molecule has 0 radical (unpaired) electrons. The second-order valence-electron chi connectivity index (χ2n) is 3.41. The van der Waals surface area contributed by atoms with Gasteiger partial charge in [0.25, 0.3) is 0 Å². The van der Waals surface area contributed by atoms with Gasteiger partial charge in [0, 0.05) is 5.56 Å². The molecule has 0 bridgehead atoms. The van der Waals surface area contributed by atoms with Gasteiger partial charge >= 0.3 is 0 Å². The monoisotopic (exact) mass is 212 g/mol. The number of aromatic hydroxyl groups is 1. The first-order chi connectivity index (χ1) is 6.65.